The molecule has 4 aromatic rings. The number of hydrogen-bond donors (Lipinski definition) is 1. The second-order valence-corrected chi connectivity index (χ2v) is 13.5. The van der Waals surface area contributed by atoms with E-state index in [1.807, 2.05) is 64.1 Å². The number of aliphatic carboxylic acids is 1. The van der Waals surface area contributed by atoms with Gasteiger partial charge in [-0.15, -0.1) is 0 Å². The zero-order valence-corrected chi connectivity index (χ0v) is 27.5. The maximum absolute atomic E-state index is 14.6. The molecule has 2 atom stereocenters. The molecule has 1 fully saturated rings. The molecular weight excluding hydrogens is 606 g/mol. The van der Waals surface area contributed by atoms with Gasteiger partial charge >= 0.3 is 5.97 Å². The summed E-state index contributed by atoms with van der Waals surface area (Å²) in [6, 6.07) is 11.4. The van der Waals surface area contributed by atoms with Gasteiger partial charge in [-0.2, -0.15) is 9.61 Å². The molecule has 1 saturated heterocycles. The quantitative estimate of drug-likeness (QED) is 0.232. The van der Waals surface area contributed by atoms with Crippen LogP contribution in [0.2, 0.25) is 0 Å². The van der Waals surface area contributed by atoms with Crippen molar-refractivity contribution in [1.29, 1.82) is 0 Å². The number of carbonyl (C=O) groups is 1. The number of anilines is 1. The van der Waals surface area contributed by atoms with Gasteiger partial charge in [0.25, 0.3) is 0 Å². The van der Waals surface area contributed by atoms with E-state index in [-0.39, 0.29) is 5.75 Å². The van der Waals surface area contributed by atoms with Crippen molar-refractivity contribution >= 4 is 17.4 Å². The van der Waals surface area contributed by atoms with Crippen LogP contribution in [0.15, 0.2) is 54.6 Å². The van der Waals surface area contributed by atoms with Gasteiger partial charge in [-0.1, -0.05) is 24.3 Å². The molecule has 7 rings (SSSR count). The highest BCUT2D eigenvalue weighted by molar-refractivity contribution is 5.80. The summed E-state index contributed by atoms with van der Waals surface area (Å²) in [5, 5.41) is 15.4. The van der Waals surface area contributed by atoms with Gasteiger partial charge in [0, 0.05) is 42.0 Å². The number of hydrogen-bond acceptors (Lipinski definition) is 7. The van der Waals surface area contributed by atoms with Crippen LogP contribution < -0.4 is 9.64 Å². The molecule has 0 unspecified atom stereocenters. The highest BCUT2D eigenvalue weighted by Crippen LogP contribution is 2.39. The van der Waals surface area contributed by atoms with Gasteiger partial charge < -0.3 is 24.2 Å². The number of aromatic nitrogens is 3. The molecule has 6 bridgehead atoms. The van der Waals surface area contributed by atoms with Crippen LogP contribution in [0.3, 0.4) is 0 Å². The first-order valence-electron chi connectivity index (χ1n) is 15.8. The van der Waals surface area contributed by atoms with Gasteiger partial charge in [0.05, 0.1) is 29.1 Å². The van der Waals surface area contributed by atoms with Gasteiger partial charge in [-0.05, 0) is 78.2 Å². The summed E-state index contributed by atoms with van der Waals surface area (Å²) in [7, 11) is 0. The number of ether oxygens (including phenoxy) is 3. The Hall–Kier alpha value is -4.35. The van der Waals surface area contributed by atoms with Crippen LogP contribution in [0, 0.1) is 18.6 Å². The molecule has 11 heteroatoms. The molecule has 1 N–H and O–H groups in total. The van der Waals surface area contributed by atoms with Gasteiger partial charge in [0.15, 0.2) is 23.4 Å². The van der Waals surface area contributed by atoms with Crippen LogP contribution in [0.5, 0.6) is 5.75 Å². The van der Waals surface area contributed by atoms with E-state index >= 15 is 0 Å². The first kappa shape index (κ1) is 32.6. The molecule has 5 heterocycles. The monoisotopic (exact) mass is 646 g/mol. The third-order valence-corrected chi connectivity index (χ3v) is 8.62. The van der Waals surface area contributed by atoms with E-state index in [1.54, 1.807) is 17.5 Å². The molecule has 0 amide bonds. The van der Waals surface area contributed by atoms with Crippen LogP contribution >= 0.6 is 0 Å². The van der Waals surface area contributed by atoms with Crippen molar-refractivity contribution in [3.63, 3.8) is 0 Å². The number of aryl methyl sites for hydroxylation is 1. The minimum Gasteiger partial charge on any atom is -0.486 e. The highest BCUT2D eigenvalue weighted by Gasteiger charge is 2.38. The Morgan fingerprint density at radius 2 is 1.81 bits per heavy atom. The van der Waals surface area contributed by atoms with Gasteiger partial charge in [-0.3, -0.25) is 0 Å². The third-order valence-electron chi connectivity index (χ3n) is 8.62. The zero-order chi connectivity index (χ0) is 33.7. The average Bonchev–Trinajstić information content (AvgIpc) is 3.43. The minimum atomic E-state index is -1.29. The van der Waals surface area contributed by atoms with E-state index in [2.05, 4.69) is 11.8 Å². The molecule has 3 aliphatic heterocycles. The molecule has 0 aliphatic carbocycles. The van der Waals surface area contributed by atoms with Crippen molar-refractivity contribution < 1.29 is 32.9 Å². The summed E-state index contributed by atoms with van der Waals surface area (Å²) in [6.45, 7) is 12.7. The number of carboxylic acid groups (broad SMARTS) is 1. The lowest BCUT2D eigenvalue weighted by Gasteiger charge is -2.41. The van der Waals surface area contributed by atoms with Crippen LogP contribution in [-0.2, 0) is 14.3 Å². The molecule has 0 saturated carbocycles. The SMILES string of the molecule is Cc1nc2cc3nn2c(c1[C@H](OC(C)(C)C)C(=O)O)N1CCC(C)(CC1)OCC=C[C@H](C)Oc1cc(F)c(F)cc1-c1cccc-3c1. The topological polar surface area (TPSA) is 98.4 Å². The maximum Gasteiger partial charge on any atom is 0.337 e. The summed E-state index contributed by atoms with van der Waals surface area (Å²) in [5.74, 6) is -2.30. The number of nitrogens with zero attached hydrogens (tertiary/aromatic N) is 4. The van der Waals surface area contributed by atoms with Crippen LogP contribution in [0.25, 0.3) is 28.0 Å². The number of fused-ring (bicyclic) bond motifs is 6. The molecule has 2 aromatic carbocycles. The van der Waals surface area contributed by atoms with E-state index in [4.69, 9.17) is 24.3 Å². The molecule has 0 spiro atoms. The van der Waals surface area contributed by atoms with Crippen molar-refractivity contribution in [1.82, 2.24) is 14.6 Å². The molecule has 3 aliphatic rings. The smallest absolute Gasteiger partial charge is 0.337 e. The van der Waals surface area contributed by atoms with Crippen LogP contribution in [-0.4, -0.2) is 62.7 Å². The largest absolute Gasteiger partial charge is 0.486 e. The van der Waals surface area contributed by atoms with Crippen LogP contribution in [0.1, 0.15) is 64.8 Å². The molecule has 248 valence electrons. The summed E-state index contributed by atoms with van der Waals surface area (Å²) in [5.41, 5.74) is 2.62. The van der Waals surface area contributed by atoms with Crippen LogP contribution in [0.4, 0.5) is 14.6 Å². The lowest BCUT2D eigenvalue weighted by molar-refractivity contribution is -0.160. The van der Waals surface area contributed by atoms with E-state index in [9.17, 15) is 18.7 Å². The van der Waals surface area contributed by atoms with E-state index in [0.29, 0.717) is 77.6 Å². The predicted octanol–water partition coefficient (Wildman–Crippen LogP) is 7.30. The second kappa shape index (κ2) is 12.4. The number of carboxylic acids is 1. The van der Waals surface area contributed by atoms with E-state index in [1.165, 1.54) is 0 Å². The summed E-state index contributed by atoms with van der Waals surface area (Å²) in [4.78, 5) is 19.7. The molecule has 0 radical (unpaired) electrons. The number of halogens is 2. The maximum atomic E-state index is 14.6. The summed E-state index contributed by atoms with van der Waals surface area (Å²) < 4.78 is 49.3. The Bertz CT molecular complexity index is 1860. The Morgan fingerprint density at radius 1 is 1.11 bits per heavy atom. The predicted molar refractivity (Wildman–Crippen MR) is 175 cm³/mol. The van der Waals surface area contributed by atoms with Gasteiger partial charge in [0.1, 0.15) is 17.7 Å². The Labute approximate surface area is 272 Å². The normalized spacial score (nSPS) is 20.8. The van der Waals surface area contributed by atoms with E-state index < -0.39 is 41.0 Å². The molecule has 2 aromatic heterocycles. The standard InChI is InChI=1S/C36H40F2N4O5/c1-21-9-8-16-45-36(6)12-14-41(15-13-36)33-31(32(34(43)44)47-35(3,4)5)22(2)39-30-20-28(40-42(30)33)24-11-7-10-23(17-24)25-18-26(37)27(38)19-29(25)46-21/h7-11,17-21,32H,12-16H2,1-6H3,(H,43,44)/t21-,32-/m0/s1. The van der Waals surface area contributed by atoms with Gasteiger partial charge in [0.2, 0.25) is 0 Å². The number of piperidine rings is 1. The lowest BCUT2D eigenvalue weighted by Crippen LogP contribution is -2.45. The van der Waals surface area contributed by atoms with Crippen molar-refractivity contribution in [2.45, 2.75) is 77.8 Å². The first-order valence-corrected chi connectivity index (χ1v) is 15.8. The van der Waals surface area contributed by atoms with Crippen molar-refractivity contribution in [3.05, 3.63) is 77.5 Å². The highest BCUT2D eigenvalue weighted by atomic mass is 19.2. The molecule has 9 nitrogen and oxygen atoms in total. The Kier molecular flexibility index (Phi) is 8.56. The molecule has 47 heavy (non-hydrogen) atoms. The number of rotatable bonds is 3. The summed E-state index contributed by atoms with van der Waals surface area (Å²) in [6.07, 6.45) is 3.34. The van der Waals surface area contributed by atoms with Crippen molar-refractivity contribution in [2.75, 3.05) is 24.6 Å². The lowest BCUT2D eigenvalue weighted by atomic mass is 9.92. The van der Waals surface area contributed by atoms with E-state index in [0.717, 1.165) is 12.1 Å². The summed E-state index contributed by atoms with van der Waals surface area (Å²) >= 11 is 0. The van der Waals surface area contributed by atoms with Crippen molar-refractivity contribution in [3.8, 4) is 28.1 Å². The second-order valence-electron chi connectivity index (χ2n) is 13.5. The minimum absolute atomic E-state index is 0.202. The molecular formula is C36H40F2N4O5. The first-order chi connectivity index (χ1) is 22.2. The fourth-order valence-corrected chi connectivity index (χ4v) is 6.22. The average molecular weight is 647 g/mol. The van der Waals surface area contributed by atoms with Crippen molar-refractivity contribution in [2.24, 2.45) is 0 Å². The van der Waals surface area contributed by atoms with Gasteiger partial charge in [-0.25, -0.2) is 18.6 Å². The fourth-order valence-electron chi connectivity index (χ4n) is 6.22. The Balaban J connectivity index is 1.57. The third kappa shape index (κ3) is 6.73. The number of benzene rings is 2. The zero-order valence-electron chi connectivity index (χ0n) is 27.5. The Morgan fingerprint density at radius 3 is 2.51 bits per heavy atom. The fraction of sp³-hybridized carbons (Fsp3) is 0.417.